The highest BCUT2D eigenvalue weighted by molar-refractivity contribution is 7.92. The van der Waals surface area contributed by atoms with E-state index in [1.54, 1.807) is 13.0 Å². The molecule has 0 saturated carbocycles. The SMILES string of the molecule is Cc1ccnc(NS(C)(=O)=O)c1Cl. The Kier molecular flexibility index (Phi) is 2.77. The fourth-order valence-electron chi connectivity index (χ4n) is 0.787. The van der Waals surface area contributed by atoms with Crippen molar-refractivity contribution in [2.24, 2.45) is 0 Å². The molecule has 0 aliphatic rings. The monoisotopic (exact) mass is 220 g/mol. The zero-order chi connectivity index (χ0) is 10.1. The summed E-state index contributed by atoms with van der Waals surface area (Å²) in [6.07, 6.45) is 2.54. The Morgan fingerprint density at radius 1 is 1.54 bits per heavy atom. The quantitative estimate of drug-likeness (QED) is 0.820. The molecule has 1 rings (SSSR count). The largest absolute Gasteiger partial charge is 0.266 e. The molecular weight excluding hydrogens is 212 g/mol. The van der Waals surface area contributed by atoms with E-state index in [9.17, 15) is 8.42 Å². The minimum Gasteiger partial charge on any atom is -0.266 e. The van der Waals surface area contributed by atoms with Crippen LogP contribution in [-0.2, 0) is 10.0 Å². The zero-order valence-electron chi connectivity index (χ0n) is 7.20. The van der Waals surface area contributed by atoms with Gasteiger partial charge in [-0.2, -0.15) is 0 Å². The maximum Gasteiger partial charge on any atom is 0.231 e. The van der Waals surface area contributed by atoms with Gasteiger partial charge in [-0.15, -0.1) is 0 Å². The number of halogens is 1. The van der Waals surface area contributed by atoms with Crippen LogP contribution in [0, 0.1) is 6.92 Å². The van der Waals surface area contributed by atoms with Gasteiger partial charge < -0.3 is 0 Å². The first-order chi connectivity index (χ1) is 5.90. The lowest BCUT2D eigenvalue weighted by molar-refractivity contribution is 0.606. The Morgan fingerprint density at radius 2 is 2.15 bits per heavy atom. The van der Waals surface area contributed by atoms with Crippen LogP contribution in [0.25, 0.3) is 0 Å². The highest BCUT2D eigenvalue weighted by Crippen LogP contribution is 2.22. The minimum atomic E-state index is -3.31. The number of anilines is 1. The first-order valence-electron chi connectivity index (χ1n) is 3.49. The van der Waals surface area contributed by atoms with Gasteiger partial charge in [0.15, 0.2) is 5.82 Å². The second-order valence-corrected chi connectivity index (χ2v) is 4.79. The van der Waals surface area contributed by atoms with Gasteiger partial charge in [0.05, 0.1) is 11.3 Å². The molecule has 1 heterocycles. The molecule has 0 bridgehead atoms. The Hall–Kier alpha value is -0.810. The number of rotatable bonds is 2. The Morgan fingerprint density at radius 3 is 2.69 bits per heavy atom. The van der Waals surface area contributed by atoms with Crippen molar-refractivity contribution < 1.29 is 8.42 Å². The number of aromatic nitrogens is 1. The molecule has 0 atom stereocenters. The fraction of sp³-hybridized carbons (Fsp3) is 0.286. The van der Waals surface area contributed by atoms with Gasteiger partial charge in [-0.25, -0.2) is 13.4 Å². The van der Waals surface area contributed by atoms with Crippen molar-refractivity contribution in [1.82, 2.24) is 4.98 Å². The summed E-state index contributed by atoms with van der Waals surface area (Å²) in [6, 6.07) is 1.70. The van der Waals surface area contributed by atoms with E-state index in [0.717, 1.165) is 11.8 Å². The first kappa shape index (κ1) is 10.3. The molecule has 72 valence electrons. The Bertz CT molecular complexity index is 417. The summed E-state index contributed by atoms with van der Waals surface area (Å²) in [4.78, 5) is 3.80. The molecule has 6 heteroatoms. The highest BCUT2D eigenvalue weighted by Gasteiger charge is 2.08. The van der Waals surface area contributed by atoms with Crippen LogP contribution in [-0.4, -0.2) is 19.7 Å². The maximum atomic E-state index is 10.9. The first-order valence-corrected chi connectivity index (χ1v) is 5.76. The molecule has 0 aromatic carbocycles. The van der Waals surface area contributed by atoms with Gasteiger partial charge in [-0.05, 0) is 18.6 Å². The molecule has 4 nitrogen and oxygen atoms in total. The standard InChI is InChI=1S/C7H9ClN2O2S/c1-5-3-4-9-7(6(5)8)10-13(2,11)12/h3-4H,1-2H3,(H,9,10). The van der Waals surface area contributed by atoms with Gasteiger partial charge in [0.2, 0.25) is 10.0 Å². The summed E-state index contributed by atoms with van der Waals surface area (Å²) in [5.41, 5.74) is 0.780. The second kappa shape index (κ2) is 3.51. The number of nitrogens with zero attached hydrogens (tertiary/aromatic N) is 1. The molecule has 13 heavy (non-hydrogen) atoms. The molecule has 0 aliphatic carbocycles. The Labute approximate surface area is 82.0 Å². The molecule has 0 aliphatic heterocycles. The van der Waals surface area contributed by atoms with Crippen LogP contribution >= 0.6 is 11.6 Å². The van der Waals surface area contributed by atoms with E-state index in [0.29, 0.717) is 5.02 Å². The van der Waals surface area contributed by atoms with E-state index in [4.69, 9.17) is 11.6 Å². The molecule has 0 radical (unpaired) electrons. The van der Waals surface area contributed by atoms with Gasteiger partial charge in [-0.1, -0.05) is 11.6 Å². The Balaban J connectivity index is 3.10. The summed E-state index contributed by atoms with van der Waals surface area (Å²) in [7, 11) is -3.31. The lowest BCUT2D eigenvalue weighted by Crippen LogP contribution is -2.11. The third kappa shape index (κ3) is 2.86. The molecule has 1 N–H and O–H groups in total. The fourth-order valence-corrected chi connectivity index (χ4v) is 1.51. The number of nitrogens with one attached hydrogen (secondary N) is 1. The van der Waals surface area contributed by atoms with Crippen LogP contribution in [0.5, 0.6) is 0 Å². The van der Waals surface area contributed by atoms with Crippen LogP contribution in [0.1, 0.15) is 5.56 Å². The van der Waals surface area contributed by atoms with E-state index in [2.05, 4.69) is 9.71 Å². The highest BCUT2D eigenvalue weighted by atomic mass is 35.5. The van der Waals surface area contributed by atoms with Gasteiger partial charge in [-0.3, -0.25) is 4.72 Å². The van der Waals surface area contributed by atoms with Crippen molar-refractivity contribution in [2.75, 3.05) is 11.0 Å². The number of aryl methyl sites for hydroxylation is 1. The molecule has 0 saturated heterocycles. The van der Waals surface area contributed by atoms with Crippen LogP contribution in [0.3, 0.4) is 0 Å². The number of hydrogen-bond donors (Lipinski definition) is 1. The van der Waals surface area contributed by atoms with E-state index < -0.39 is 10.0 Å². The van der Waals surface area contributed by atoms with Gasteiger partial charge in [0.1, 0.15) is 0 Å². The number of hydrogen-bond acceptors (Lipinski definition) is 3. The third-order valence-corrected chi connectivity index (χ3v) is 2.41. The van der Waals surface area contributed by atoms with Crippen LogP contribution in [0.4, 0.5) is 5.82 Å². The minimum absolute atomic E-state index is 0.171. The predicted molar refractivity (Wildman–Crippen MR) is 52.5 cm³/mol. The van der Waals surface area contributed by atoms with Crippen molar-refractivity contribution in [3.8, 4) is 0 Å². The van der Waals surface area contributed by atoms with Crippen molar-refractivity contribution in [3.63, 3.8) is 0 Å². The van der Waals surface area contributed by atoms with Crippen LogP contribution in [0.15, 0.2) is 12.3 Å². The predicted octanol–water partition coefficient (Wildman–Crippen LogP) is 1.41. The zero-order valence-corrected chi connectivity index (χ0v) is 8.78. The van der Waals surface area contributed by atoms with E-state index >= 15 is 0 Å². The summed E-state index contributed by atoms with van der Waals surface area (Å²) in [5, 5.41) is 0.327. The topological polar surface area (TPSA) is 59.1 Å². The molecule has 0 spiro atoms. The molecule has 0 fully saturated rings. The average molecular weight is 221 g/mol. The maximum absolute atomic E-state index is 10.9. The lowest BCUT2D eigenvalue weighted by Gasteiger charge is -2.05. The second-order valence-electron chi connectivity index (χ2n) is 2.66. The molecule has 1 aromatic rings. The molecule has 0 unspecified atom stereocenters. The third-order valence-electron chi connectivity index (χ3n) is 1.36. The smallest absolute Gasteiger partial charge is 0.231 e. The van der Waals surface area contributed by atoms with Crippen molar-refractivity contribution in [3.05, 3.63) is 22.8 Å². The van der Waals surface area contributed by atoms with Gasteiger partial charge >= 0.3 is 0 Å². The van der Waals surface area contributed by atoms with E-state index in [1.165, 1.54) is 6.20 Å². The van der Waals surface area contributed by atoms with Crippen LogP contribution in [0.2, 0.25) is 5.02 Å². The average Bonchev–Trinajstić information content (AvgIpc) is 1.96. The number of pyridine rings is 1. The van der Waals surface area contributed by atoms with Crippen LogP contribution < -0.4 is 4.72 Å². The normalized spacial score (nSPS) is 11.3. The summed E-state index contributed by atoms with van der Waals surface area (Å²) < 4.78 is 23.9. The summed E-state index contributed by atoms with van der Waals surface area (Å²) >= 11 is 5.81. The van der Waals surface area contributed by atoms with Gasteiger partial charge in [0.25, 0.3) is 0 Å². The van der Waals surface area contributed by atoms with E-state index in [1.807, 2.05) is 0 Å². The van der Waals surface area contributed by atoms with E-state index in [-0.39, 0.29) is 5.82 Å². The van der Waals surface area contributed by atoms with Crippen molar-refractivity contribution in [1.29, 1.82) is 0 Å². The molecule has 1 aromatic heterocycles. The van der Waals surface area contributed by atoms with Gasteiger partial charge in [0, 0.05) is 6.20 Å². The lowest BCUT2D eigenvalue weighted by atomic mass is 10.3. The molecule has 0 amide bonds. The number of sulfonamides is 1. The molecular formula is C7H9ClN2O2S. The van der Waals surface area contributed by atoms with Crippen molar-refractivity contribution >= 4 is 27.4 Å². The summed E-state index contributed by atoms with van der Waals surface area (Å²) in [5.74, 6) is 0.171. The van der Waals surface area contributed by atoms with Crippen molar-refractivity contribution in [2.45, 2.75) is 6.92 Å². The summed E-state index contributed by atoms with van der Waals surface area (Å²) in [6.45, 7) is 1.78.